The number of hydrogen-bond donors (Lipinski definition) is 1. The summed E-state index contributed by atoms with van der Waals surface area (Å²) >= 11 is 0. The van der Waals surface area contributed by atoms with E-state index in [-0.39, 0.29) is 18.5 Å². The van der Waals surface area contributed by atoms with E-state index in [1.165, 1.54) is 10.7 Å². The summed E-state index contributed by atoms with van der Waals surface area (Å²) in [5.74, 6) is 0.477. The van der Waals surface area contributed by atoms with Crippen LogP contribution in [0.4, 0.5) is 13.2 Å². The fraction of sp³-hybridized carbons (Fsp3) is 0.400. The van der Waals surface area contributed by atoms with Gasteiger partial charge in [-0.25, -0.2) is 4.68 Å². The van der Waals surface area contributed by atoms with Crippen LogP contribution in [0.15, 0.2) is 30.5 Å². The SMILES string of the molecule is NCCc1ccc(-n2ccc(C3CC3)n2)cc1C(F)(F)F. The first kappa shape index (κ1) is 14.1. The van der Waals surface area contributed by atoms with Crippen LogP contribution in [0.3, 0.4) is 0 Å². The lowest BCUT2D eigenvalue weighted by Gasteiger charge is -2.14. The molecule has 2 aromatic rings. The van der Waals surface area contributed by atoms with Crippen molar-refractivity contribution in [2.24, 2.45) is 5.73 Å². The van der Waals surface area contributed by atoms with Gasteiger partial charge in [-0.1, -0.05) is 6.07 Å². The van der Waals surface area contributed by atoms with Gasteiger partial charge in [-0.3, -0.25) is 0 Å². The van der Waals surface area contributed by atoms with Crippen LogP contribution in [0.2, 0.25) is 0 Å². The molecule has 3 nitrogen and oxygen atoms in total. The number of nitrogens with two attached hydrogens (primary N) is 1. The second-order valence-corrected chi connectivity index (χ2v) is 5.34. The molecule has 0 saturated heterocycles. The highest BCUT2D eigenvalue weighted by Crippen LogP contribution is 2.39. The first-order valence-electron chi connectivity index (χ1n) is 6.95. The molecule has 1 aliphatic carbocycles. The molecule has 0 aliphatic heterocycles. The Balaban J connectivity index is 1.98. The summed E-state index contributed by atoms with van der Waals surface area (Å²) < 4.78 is 40.9. The normalized spacial score (nSPS) is 15.4. The maximum absolute atomic E-state index is 13.1. The Labute approximate surface area is 120 Å². The second kappa shape index (κ2) is 5.18. The Morgan fingerprint density at radius 3 is 2.62 bits per heavy atom. The Kier molecular flexibility index (Phi) is 3.49. The highest BCUT2D eigenvalue weighted by Gasteiger charge is 2.33. The first-order valence-corrected chi connectivity index (χ1v) is 6.95. The molecule has 0 radical (unpaired) electrons. The molecule has 0 amide bonds. The summed E-state index contributed by atoms with van der Waals surface area (Å²) in [6, 6.07) is 6.17. The fourth-order valence-corrected chi connectivity index (χ4v) is 2.42. The van der Waals surface area contributed by atoms with E-state index in [1.807, 2.05) is 6.07 Å². The molecular weight excluding hydrogens is 279 g/mol. The maximum Gasteiger partial charge on any atom is 0.416 e. The van der Waals surface area contributed by atoms with Crippen LogP contribution in [-0.4, -0.2) is 16.3 Å². The van der Waals surface area contributed by atoms with Crippen LogP contribution in [0.1, 0.15) is 35.6 Å². The van der Waals surface area contributed by atoms with Crippen molar-refractivity contribution in [3.8, 4) is 5.69 Å². The molecule has 0 bridgehead atoms. The molecule has 3 rings (SSSR count). The molecule has 1 aliphatic rings. The van der Waals surface area contributed by atoms with Crippen LogP contribution in [0.25, 0.3) is 5.69 Å². The molecule has 1 aromatic heterocycles. The number of alkyl halides is 3. The quantitative estimate of drug-likeness (QED) is 0.940. The Bertz CT molecular complexity index is 642. The van der Waals surface area contributed by atoms with E-state index in [9.17, 15) is 13.2 Å². The summed E-state index contributed by atoms with van der Waals surface area (Å²) in [6.45, 7) is 0.191. The van der Waals surface area contributed by atoms with Gasteiger partial charge in [-0.05, 0) is 49.6 Å². The number of benzene rings is 1. The van der Waals surface area contributed by atoms with Crippen LogP contribution < -0.4 is 5.73 Å². The molecular formula is C15H16F3N3. The smallest absolute Gasteiger partial charge is 0.330 e. The third kappa shape index (κ3) is 2.95. The van der Waals surface area contributed by atoms with Crippen molar-refractivity contribution in [1.82, 2.24) is 9.78 Å². The summed E-state index contributed by atoms with van der Waals surface area (Å²) in [4.78, 5) is 0. The summed E-state index contributed by atoms with van der Waals surface area (Å²) in [7, 11) is 0. The molecule has 112 valence electrons. The van der Waals surface area contributed by atoms with Gasteiger partial charge in [0.1, 0.15) is 0 Å². The summed E-state index contributed by atoms with van der Waals surface area (Å²) in [6.07, 6.45) is -0.235. The Hall–Kier alpha value is -1.82. The van der Waals surface area contributed by atoms with Gasteiger partial charge in [0.2, 0.25) is 0 Å². The van der Waals surface area contributed by atoms with Crippen molar-refractivity contribution in [2.45, 2.75) is 31.4 Å². The molecule has 1 saturated carbocycles. The molecule has 1 fully saturated rings. The molecule has 0 unspecified atom stereocenters. The molecule has 0 spiro atoms. The minimum Gasteiger partial charge on any atom is -0.330 e. The summed E-state index contributed by atoms with van der Waals surface area (Å²) in [5, 5.41) is 4.37. The second-order valence-electron chi connectivity index (χ2n) is 5.34. The topological polar surface area (TPSA) is 43.8 Å². The van der Waals surface area contributed by atoms with E-state index >= 15 is 0 Å². The first-order chi connectivity index (χ1) is 9.99. The van der Waals surface area contributed by atoms with Gasteiger partial charge in [-0.15, -0.1) is 0 Å². The molecule has 2 N–H and O–H groups in total. The van der Waals surface area contributed by atoms with Crippen molar-refractivity contribution in [2.75, 3.05) is 6.54 Å². The Morgan fingerprint density at radius 1 is 1.24 bits per heavy atom. The zero-order valence-electron chi connectivity index (χ0n) is 11.4. The van der Waals surface area contributed by atoms with Gasteiger partial charge in [0.05, 0.1) is 16.9 Å². The lowest BCUT2D eigenvalue weighted by Crippen LogP contribution is -2.13. The Morgan fingerprint density at radius 2 is 2.00 bits per heavy atom. The average molecular weight is 295 g/mol. The fourth-order valence-electron chi connectivity index (χ4n) is 2.42. The molecule has 1 aromatic carbocycles. The van der Waals surface area contributed by atoms with E-state index in [0.29, 0.717) is 11.6 Å². The zero-order valence-corrected chi connectivity index (χ0v) is 11.4. The predicted molar refractivity (Wildman–Crippen MR) is 73.3 cm³/mol. The van der Waals surface area contributed by atoms with E-state index in [1.54, 1.807) is 12.3 Å². The van der Waals surface area contributed by atoms with E-state index < -0.39 is 11.7 Å². The monoisotopic (exact) mass is 295 g/mol. The number of hydrogen-bond acceptors (Lipinski definition) is 2. The number of halogens is 3. The minimum absolute atomic E-state index is 0.191. The van der Waals surface area contributed by atoms with Crippen LogP contribution >= 0.6 is 0 Å². The molecule has 6 heteroatoms. The minimum atomic E-state index is -4.38. The van der Waals surface area contributed by atoms with Gasteiger partial charge >= 0.3 is 6.18 Å². The van der Waals surface area contributed by atoms with Crippen molar-refractivity contribution in [3.63, 3.8) is 0 Å². The van der Waals surface area contributed by atoms with E-state index in [0.717, 1.165) is 24.6 Å². The molecule has 1 heterocycles. The van der Waals surface area contributed by atoms with Gasteiger partial charge in [-0.2, -0.15) is 18.3 Å². The van der Waals surface area contributed by atoms with Crippen molar-refractivity contribution < 1.29 is 13.2 Å². The maximum atomic E-state index is 13.1. The van der Waals surface area contributed by atoms with Crippen LogP contribution in [0.5, 0.6) is 0 Å². The van der Waals surface area contributed by atoms with E-state index in [2.05, 4.69) is 5.10 Å². The number of aromatic nitrogens is 2. The van der Waals surface area contributed by atoms with Gasteiger partial charge in [0, 0.05) is 12.1 Å². The van der Waals surface area contributed by atoms with Gasteiger partial charge in [0.15, 0.2) is 0 Å². The van der Waals surface area contributed by atoms with Crippen LogP contribution in [-0.2, 0) is 12.6 Å². The highest BCUT2D eigenvalue weighted by molar-refractivity contribution is 5.42. The van der Waals surface area contributed by atoms with Gasteiger partial charge in [0.25, 0.3) is 0 Å². The van der Waals surface area contributed by atoms with Crippen molar-refractivity contribution in [1.29, 1.82) is 0 Å². The third-order valence-corrected chi connectivity index (χ3v) is 3.68. The largest absolute Gasteiger partial charge is 0.416 e. The number of nitrogens with zero attached hydrogens (tertiary/aromatic N) is 2. The lowest BCUT2D eigenvalue weighted by atomic mass is 10.0. The van der Waals surface area contributed by atoms with Crippen molar-refractivity contribution >= 4 is 0 Å². The average Bonchev–Trinajstić information content (AvgIpc) is 3.16. The standard InChI is InChI=1S/C15H16F3N3/c16-15(17,18)13-9-12(4-3-10(13)5-7-19)21-8-6-14(20-21)11-1-2-11/h3-4,6,8-9,11H,1-2,5,7,19H2. The van der Waals surface area contributed by atoms with Gasteiger partial charge < -0.3 is 5.73 Å². The third-order valence-electron chi connectivity index (χ3n) is 3.68. The number of rotatable bonds is 4. The van der Waals surface area contributed by atoms with E-state index in [4.69, 9.17) is 5.73 Å². The van der Waals surface area contributed by atoms with Crippen molar-refractivity contribution in [3.05, 3.63) is 47.3 Å². The lowest BCUT2D eigenvalue weighted by molar-refractivity contribution is -0.138. The molecule has 0 atom stereocenters. The van der Waals surface area contributed by atoms with Crippen LogP contribution in [0, 0.1) is 0 Å². The predicted octanol–water partition coefficient (Wildman–Crippen LogP) is 3.27. The summed E-state index contributed by atoms with van der Waals surface area (Å²) in [5.41, 5.74) is 6.35. The zero-order chi connectivity index (χ0) is 15.0. The highest BCUT2D eigenvalue weighted by atomic mass is 19.4. The molecule has 21 heavy (non-hydrogen) atoms.